The molecule has 1 fully saturated rings. The fourth-order valence-electron chi connectivity index (χ4n) is 5.11. The molecule has 4 aromatic carbocycles. The Morgan fingerprint density at radius 2 is 0.976 bits per heavy atom. The Bertz CT molecular complexity index is 1260. The van der Waals surface area contributed by atoms with Gasteiger partial charge in [0.1, 0.15) is 18.3 Å². The zero-order valence-electron chi connectivity index (χ0n) is 24.1. The average Bonchev–Trinajstić information content (AvgIpc) is 3.06. The van der Waals surface area contributed by atoms with Gasteiger partial charge in [0, 0.05) is 26.2 Å². The van der Waals surface area contributed by atoms with E-state index < -0.39 is 0 Å². The number of ether oxygens (including phenoxy) is 4. The van der Waals surface area contributed by atoms with Crippen LogP contribution in [-0.2, 0) is 45.3 Å². The van der Waals surface area contributed by atoms with E-state index in [1.165, 1.54) is 5.56 Å². The molecule has 0 amide bonds. The normalized spacial score (nSPS) is 20.4. The Balaban J connectivity index is 1.24. The van der Waals surface area contributed by atoms with Crippen LogP contribution < -0.4 is 10.6 Å². The Hall–Kier alpha value is -3.36. The van der Waals surface area contributed by atoms with Crippen molar-refractivity contribution in [3.05, 3.63) is 144 Å². The van der Waals surface area contributed by atoms with Crippen LogP contribution >= 0.6 is 0 Å². The summed E-state index contributed by atoms with van der Waals surface area (Å²) in [6.45, 7) is 5.06. The fraction of sp³-hybridized carbons (Fsp3) is 0.333. The molecule has 220 valence electrons. The summed E-state index contributed by atoms with van der Waals surface area (Å²) in [6, 6.07) is 41.2. The predicted molar refractivity (Wildman–Crippen MR) is 166 cm³/mol. The molecule has 4 atom stereocenters. The molecule has 1 aliphatic rings. The second-order valence-corrected chi connectivity index (χ2v) is 10.6. The zero-order valence-corrected chi connectivity index (χ0v) is 24.1. The minimum atomic E-state index is -0.312. The van der Waals surface area contributed by atoms with E-state index in [2.05, 4.69) is 71.3 Å². The lowest BCUT2D eigenvalue weighted by Gasteiger charge is -2.42. The van der Waals surface area contributed by atoms with Gasteiger partial charge in [-0.25, -0.2) is 0 Å². The number of hydrogen-bond acceptors (Lipinski definition) is 6. The van der Waals surface area contributed by atoms with E-state index in [1.54, 1.807) is 0 Å². The van der Waals surface area contributed by atoms with Gasteiger partial charge in [0.15, 0.2) is 0 Å². The largest absolute Gasteiger partial charge is 0.371 e. The molecule has 0 bridgehead atoms. The quantitative estimate of drug-likeness (QED) is 0.174. The molecule has 0 saturated carbocycles. The minimum Gasteiger partial charge on any atom is -0.371 e. The van der Waals surface area contributed by atoms with Gasteiger partial charge in [-0.1, -0.05) is 121 Å². The maximum Gasteiger partial charge on any atom is 0.115 e. The summed E-state index contributed by atoms with van der Waals surface area (Å²) in [5.41, 5.74) is 4.63. The van der Waals surface area contributed by atoms with Crippen LogP contribution in [0.4, 0.5) is 0 Å². The lowest BCUT2D eigenvalue weighted by molar-refractivity contribution is -0.237. The summed E-state index contributed by atoms with van der Waals surface area (Å²) in [5.74, 6) is 0. The van der Waals surface area contributed by atoms with Crippen molar-refractivity contribution in [2.75, 3.05) is 26.2 Å². The van der Waals surface area contributed by atoms with Gasteiger partial charge in [-0.3, -0.25) is 0 Å². The molecule has 6 heteroatoms. The highest BCUT2D eigenvalue weighted by atomic mass is 16.6. The molecule has 1 aliphatic heterocycles. The van der Waals surface area contributed by atoms with Crippen LogP contribution in [0.2, 0.25) is 0 Å². The lowest BCUT2D eigenvalue weighted by Crippen LogP contribution is -2.58. The third-order valence-corrected chi connectivity index (χ3v) is 7.40. The summed E-state index contributed by atoms with van der Waals surface area (Å²) >= 11 is 0. The number of benzene rings is 4. The Morgan fingerprint density at radius 3 is 1.52 bits per heavy atom. The molecule has 0 spiro atoms. The first-order valence-corrected chi connectivity index (χ1v) is 14.9. The highest BCUT2D eigenvalue weighted by Crippen LogP contribution is 2.26. The molecule has 0 aliphatic carbocycles. The monoisotopic (exact) mass is 566 g/mol. The van der Waals surface area contributed by atoms with Crippen LogP contribution in [0.25, 0.3) is 0 Å². The van der Waals surface area contributed by atoms with Crippen molar-refractivity contribution in [2.24, 2.45) is 0 Å². The van der Waals surface area contributed by atoms with Gasteiger partial charge >= 0.3 is 0 Å². The molecular formula is C36H42N2O4. The van der Waals surface area contributed by atoms with Crippen LogP contribution in [0.15, 0.2) is 121 Å². The van der Waals surface area contributed by atoms with Gasteiger partial charge in [-0.05, 0) is 22.3 Å². The van der Waals surface area contributed by atoms with Crippen molar-refractivity contribution in [1.82, 2.24) is 10.6 Å². The second kappa shape index (κ2) is 16.9. The standard InChI is InChI=1S/C36H42N2O4/c1-5-13-29(14-6-1)23-37-21-22-38-24-33-35(41-26-31-17-9-3-10-18-31)36(42-27-32-19-11-4-12-20-32)34(28-40-33)39-25-30-15-7-2-8-16-30/h1-20,33-38H,21-28H2/t33-,34+,35-,36-/m1/s1. The smallest absolute Gasteiger partial charge is 0.115 e. The lowest BCUT2D eigenvalue weighted by atomic mass is 9.98. The average molecular weight is 567 g/mol. The van der Waals surface area contributed by atoms with Crippen molar-refractivity contribution < 1.29 is 18.9 Å². The molecule has 42 heavy (non-hydrogen) atoms. The van der Waals surface area contributed by atoms with Gasteiger partial charge in [-0.2, -0.15) is 0 Å². The molecule has 2 N–H and O–H groups in total. The van der Waals surface area contributed by atoms with Crippen LogP contribution in [0, 0.1) is 0 Å². The second-order valence-electron chi connectivity index (χ2n) is 10.6. The molecule has 4 aromatic rings. The van der Waals surface area contributed by atoms with E-state index in [-0.39, 0.29) is 24.4 Å². The summed E-state index contributed by atoms with van der Waals surface area (Å²) < 4.78 is 26.1. The fourth-order valence-corrected chi connectivity index (χ4v) is 5.11. The first-order chi connectivity index (χ1) is 20.8. The van der Waals surface area contributed by atoms with Crippen molar-refractivity contribution >= 4 is 0 Å². The first-order valence-electron chi connectivity index (χ1n) is 14.9. The summed E-state index contributed by atoms with van der Waals surface area (Å²) in [5, 5.41) is 7.08. The highest BCUT2D eigenvalue weighted by Gasteiger charge is 2.42. The van der Waals surface area contributed by atoms with Gasteiger partial charge in [0.2, 0.25) is 0 Å². The molecule has 5 rings (SSSR count). The van der Waals surface area contributed by atoms with Gasteiger partial charge < -0.3 is 29.6 Å². The number of nitrogens with one attached hydrogen (secondary N) is 2. The van der Waals surface area contributed by atoms with Gasteiger partial charge in [0.05, 0.1) is 32.5 Å². The zero-order chi connectivity index (χ0) is 28.7. The molecule has 1 heterocycles. The summed E-state index contributed by atoms with van der Waals surface area (Å²) in [7, 11) is 0. The third kappa shape index (κ3) is 9.60. The molecule has 0 aromatic heterocycles. The van der Waals surface area contributed by atoms with E-state index in [1.807, 2.05) is 60.7 Å². The highest BCUT2D eigenvalue weighted by molar-refractivity contribution is 5.16. The van der Waals surface area contributed by atoms with Crippen LogP contribution in [-0.4, -0.2) is 50.7 Å². The molecular weight excluding hydrogens is 524 g/mol. The van der Waals surface area contributed by atoms with Gasteiger partial charge in [0.25, 0.3) is 0 Å². The Kier molecular flexibility index (Phi) is 12.1. The van der Waals surface area contributed by atoms with Crippen molar-refractivity contribution in [3.63, 3.8) is 0 Å². The maximum absolute atomic E-state index is 6.63. The maximum atomic E-state index is 6.63. The number of rotatable bonds is 16. The third-order valence-electron chi connectivity index (χ3n) is 7.40. The predicted octanol–water partition coefficient (Wildman–Crippen LogP) is 5.52. The number of hydrogen-bond donors (Lipinski definition) is 2. The van der Waals surface area contributed by atoms with E-state index in [9.17, 15) is 0 Å². The van der Waals surface area contributed by atoms with Crippen LogP contribution in [0.3, 0.4) is 0 Å². The van der Waals surface area contributed by atoms with E-state index in [0.29, 0.717) is 33.0 Å². The molecule has 6 nitrogen and oxygen atoms in total. The first kappa shape index (κ1) is 30.1. The Morgan fingerprint density at radius 1 is 0.524 bits per heavy atom. The SMILES string of the molecule is c1ccc(CNCCNC[C@H]2OC[C@H](OCc3ccccc3)[C@@H](OCc3ccccc3)[C@@H]2OCc2ccccc2)cc1. The topological polar surface area (TPSA) is 61.0 Å². The molecule has 0 unspecified atom stereocenters. The van der Waals surface area contributed by atoms with Crippen molar-refractivity contribution in [2.45, 2.75) is 50.8 Å². The summed E-state index contributed by atoms with van der Waals surface area (Å²) in [6.07, 6.45) is -1.05. The van der Waals surface area contributed by atoms with Crippen LogP contribution in [0.5, 0.6) is 0 Å². The van der Waals surface area contributed by atoms with Gasteiger partial charge in [-0.15, -0.1) is 0 Å². The molecule has 0 radical (unpaired) electrons. The van der Waals surface area contributed by atoms with E-state index >= 15 is 0 Å². The molecule has 1 saturated heterocycles. The summed E-state index contributed by atoms with van der Waals surface area (Å²) in [4.78, 5) is 0. The van der Waals surface area contributed by atoms with E-state index in [4.69, 9.17) is 18.9 Å². The van der Waals surface area contributed by atoms with Crippen LogP contribution in [0.1, 0.15) is 22.3 Å². The van der Waals surface area contributed by atoms with E-state index in [0.717, 1.165) is 36.3 Å². The van der Waals surface area contributed by atoms with Crippen molar-refractivity contribution in [1.29, 1.82) is 0 Å². The minimum absolute atomic E-state index is 0.180. The Labute approximate surface area is 250 Å². The van der Waals surface area contributed by atoms with Crippen molar-refractivity contribution in [3.8, 4) is 0 Å².